The molecule has 1 amide bonds. The van der Waals surface area contributed by atoms with Gasteiger partial charge in [0.1, 0.15) is 11.4 Å². The molecule has 0 rings (SSSR count). The van der Waals surface area contributed by atoms with Gasteiger partial charge < -0.3 is 9.47 Å². The van der Waals surface area contributed by atoms with E-state index >= 15 is 0 Å². The summed E-state index contributed by atoms with van der Waals surface area (Å²) < 4.78 is 10.1. The van der Waals surface area contributed by atoms with Crippen LogP contribution in [0.25, 0.3) is 0 Å². The number of nitrogens with one attached hydrogen (secondary N) is 1. The molecule has 0 aromatic carbocycles. The van der Waals surface area contributed by atoms with E-state index in [1.165, 1.54) is 0 Å². The predicted molar refractivity (Wildman–Crippen MR) is 82.4 cm³/mol. The fraction of sp³-hybridized carbons (Fsp3) is 0.667. The molecule has 6 heteroatoms. The number of esters is 1. The van der Waals surface area contributed by atoms with Crippen LogP contribution in [0.2, 0.25) is 0 Å². The molecule has 0 radical (unpaired) electrons. The molecule has 0 fully saturated rings. The van der Waals surface area contributed by atoms with Gasteiger partial charge in [-0.3, -0.25) is 15.1 Å². The third kappa shape index (κ3) is 12.9. The molecular formula is C15H26N2O4. The highest BCUT2D eigenvalue weighted by atomic mass is 16.6. The number of rotatable bonds is 7. The molecule has 0 aliphatic rings. The van der Waals surface area contributed by atoms with Gasteiger partial charge in [-0.25, -0.2) is 4.79 Å². The third-order valence-corrected chi connectivity index (χ3v) is 2.16. The summed E-state index contributed by atoms with van der Waals surface area (Å²) in [6, 6.07) is 0. The maximum atomic E-state index is 11.5. The van der Waals surface area contributed by atoms with Crippen LogP contribution in [0.15, 0.2) is 17.6 Å². The van der Waals surface area contributed by atoms with Gasteiger partial charge in [0.15, 0.2) is 0 Å². The molecule has 0 aromatic rings. The summed E-state index contributed by atoms with van der Waals surface area (Å²) in [6.07, 6.45) is 3.00. The van der Waals surface area contributed by atoms with Crippen LogP contribution < -0.4 is 5.32 Å². The van der Waals surface area contributed by atoms with Gasteiger partial charge in [-0.2, -0.15) is 0 Å². The van der Waals surface area contributed by atoms with Crippen LogP contribution >= 0.6 is 0 Å². The van der Waals surface area contributed by atoms with Crippen LogP contribution in [0.5, 0.6) is 0 Å². The zero-order valence-electron chi connectivity index (χ0n) is 13.4. The van der Waals surface area contributed by atoms with Crippen LogP contribution in [0.4, 0.5) is 4.79 Å². The Balaban J connectivity index is 3.88. The summed E-state index contributed by atoms with van der Waals surface area (Å²) in [5.41, 5.74) is -0.556. The van der Waals surface area contributed by atoms with E-state index in [1.807, 2.05) is 0 Å². The molecule has 6 nitrogen and oxygen atoms in total. The monoisotopic (exact) mass is 298 g/mol. The van der Waals surface area contributed by atoms with Crippen LogP contribution in [0.1, 0.15) is 47.0 Å². The Morgan fingerprint density at radius 1 is 1.33 bits per heavy atom. The molecule has 0 heterocycles. The SMILES string of the molecule is C=CCCCOC(=O)CCN=C(C)NC(=O)OC(C)(C)C. The molecule has 1 N–H and O–H groups in total. The number of amidine groups is 1. The Labute approximate surface area is 126 Å². The molecule has 0 aromatic heterocycles. The van der Waals surface area contributed by atoms with Gasteiger partial charge in [0.2, 0.25) is 0 Å². The number of aliphatic imine (C=N–C) groups is 1. The number of ether oxygens (including phenoxy) is 2. The van der Waals surface area contributed by atoms with Crippen LogP contribution in [0.3, 0.4) is 0 Å². The molecule has 0 saturated carbocycles. The lowest BCUT2D eigenvalue weighted by Gasteiger charge is -2.19. The molecule has 120 valence electrons. The molecular weight excluding hydrogens is 272 g/mol. The van der Waals surface area contributed by atoms with Crippen molar-refractivity contribution >= 4 is 17.9 Å². The normalized spacial score (nSPS) is 11.7. The van der Waals surface area contributed by atoms with E-state index in [-0.39, 0.29) is 18.9 Å². The maximum Gasteiger partial charge on any atom is 0.413 e. The van der Waals surface area contributed by atoms with Gasteiger partial charge in [0.05, 0.1) is 19.6 Å². The van der Waals surface area contributed by atoms with E-state index in [2.05, 4.69) is 16.9 Å². The number of hydrogen-bond acceptors (Lipinski definition) is 5. The van der Waals surface area contributed by atoms with Crippen molar-refractivity contribution in [2.75, 3.05) is 13.2 Å². The Bertz CT molecular complexity index is 384. The van der Waals surface area contributed by atoms with E-state index in [9.17, 15) is 9.59 Å². The van der Waals surface area contributed by atoms with Crippen LogP contribution in [0, 0.1) is 0 Å². The highest BCUT2D eigenvalue weighted by molar-refractivity contribution is 5.94. The van der Waals surface area contributed by atoms with Crippen molar-refractivity contribution in [3.05, 3.63) is 12.7 Å². The van der Waals surface area contributed by atoms with E-state index in [4.69, 9.17) is 9.47 Å². The van der Waals surface area contributed by atoms with Gasteiger partial charge >= 0.3 is 12.1 Å². The lowest BCUT2D eigenvalue weighted by Crippen LogP contribution is -2.35. The summed E-state index contributed by atoms with van der Waals surface area (Å²) in [6.45, 7) is 11.2. The second-order valence-corrected chi connectivity index (χ2v) is 5.50. The summed E-state index contributed by atoms with van der Waals surface area (Å²) in [5.74, 6) is 0.108. The summed E-state index contributed by atoms with van der Waals surface area (Å²) in [5, 5.41) is 2.50. The predicted octanol–water partition coefficient (Wildman–Crippen LogP) is 2.83. The standard InChI is InChI=1S/C15H26N2O4/c1-6-7-8-11-20-13(18)9-10-16-12(2)17-14(19)21-15(3,4)5/h6H,1,7-11H2,2-5H3,(H,16,17,19). The minimum absolute atomic E-state index is 0.182. The average molecular weight is 298 g/mol. The molecule has 0 spiro atoms. The van der Waals surface area contributed by atoms with E-state index in [0.717, 1.165) is 12.8 Å². The number of unbranched alkanes of at least 4 members (excludes halogenated alkanes) is 1. The van der Waals surface area contributed by atoms with Gasteiger partial charge in [-0.15, -0.1) is 6.58 Å². The van der Waals surface area contributed by atoms with E-state index in [0.29, 0.717) is 12.4 Å². The number of alkyl carbamates (subject to hydrolysis) is 1. The summed E-state index contributed by atoms with van der Waals surface area (Å²) >= 11 is 0. The van der Waals surface area contributed by atoms with Crippen molar-refractivity contribution in [3.8, 4) is 0 Å². The summed E-state index contributed by atoms with van der Waals surface area (Å²) in [7, 11) is 0. The lowest BCUT2D eigenvalue weighted by atomic mass is 10.2. The fourth-order valence-electron chi connectivity index (χ4n) is 1.29. The van der Waals surface area contributed by atoms with Crippen molar-refractivity contribution < 1.29 is 19.1 Å². The number of nitrogens with zero attached hydrogens (tertiary/aromatic N) is 1. The highest BCUT2D eigenvalue weighted by Gasteiger charge is 2.16. The second-order valence-electron chi connectivity index (χ2n) is 5.50. The second kappa shape index (κ2) is 9.96. The average Bonchev–Trinajstić information content (AvgIpc) is 2.32. The largest absolute Gasteiger partial charge is 0.466 e. The molecule has 0 aliphatic heterocycles. The number of amides is 1. The minimum atomic E-state index is -0.559. The first-order valence-electron chi connectivity index (χ1n) is 7.02. The Morgan fingerprint density at radius 3 is 2.57 bits per heavy atom. The molecule has 0 unspecified atom stereocenters. The minimum Gasteiger partial charge on any atom is -0.466 e. The van der Waals surface area contributed by atoms with E-state index in [1.54, 1.807) is 33.8 Å². The Hall–Kier alpha value is -1.85. The van der Waals surface area contributed by atoms with Crippen LogP contribution in [-0.2, 0) is 14.3 Å². The van der Waals surface area contributed by atoms with Gasteiger partial charge in [-0.05, 0) is 40.5 Å². The lowest BCUT2D eigenvalue weighted by molar-refractivity contribution is -0.143. The zero-order chi connectivity index (χ0) is 16.3. The van der Waals surface area contributed by atoms with Gasteiger partial charge in [0, 0.05) is 0 Å². The maximum absolute atomic E-state index is 11.5. The highest BCUT2D eigenvalue weighted by Crippen LogP contribution is 2.06. The third-order valence-electron chi connectivity index (χ3n) is 2.16. The fourth-order valence-corrected chi connectivity index (χ4v) is 1.29. The number of carbonyl (C=O) groups is 2. The van der Waals surface area contributed by atoms with Gasteiger partial charge in [-0.1, -0.05) is 6.08 Å². The van der Waals surface area contributed by atoms with Crippen molar-refractivity contribution in [1.29, 1.82) is 0 Å². The first-order chi connectivity index (χ1) is 9.74. The quantitative estimate of drug-likeness (QED) is 0.258. The van der Waals surface area contributed by atoms with Crippen LogP contribution in [-0.4, -0.2) is 36.7 Å². The molecule has 0 atom stereocenters. The molecule has 0 saturated heterocycles. The van der Waals surface area contributed by atoms with E-state index < -0.39 is 11.7 Å². The topological polar surface area (TPSA) is 77.0 Å². The molecule has 0 aliphatic carbocycles. The Morgan fingerprint density at radius 2 is 2.00 bits per heavy atom. The molecule has 0 bridgehead atoms. The molecule has 21 heavy (non-hydrogen) atoms. The van der Waals surface area contributed by atoms with Crippen molar-refractivity contribution in [3.63, 3.8) is 0 Å². The summed E-state index contributed by atoms with van der Waals surface area (Å²) in [4.78, 5) is 26.9. The number of hydrogen-bond donors (Lipinski definition) is 1. The van der Waals surface area contributed by atoms with Crippen molar-refractivity contribution in [2.45, 2.75) is 52.6 Å². The first-order valence-corrected chi connectivity index (χ1v) is 7.02. The van der Waals surface area contributed by atoms with Crippen molar-refractivity contribution in [1.82, 2.24) is 5.32 Å². The Kier molecular flexibility index (Phi) is 9.08. The van der Waals surface area contributed by atoms with Gasteiger partial charge in [0.25, 0.3) is 0 Å². The smallest absolute Gasteiger partial charge is 0.413 e. The first kappa shape index (κ1) is 19.1. The van der Waals surface area contributed by atoms with Crippen molar-refractivity contribution in [2.24, 2.45) is 4.99 Å². The zero-order valence-corrected chi connectivity index (χ0v) is 13.4. The number of allylic oxidation sites excluding steroid dienone is 1. The number of carbonyl (C=O) groups excluding carboxylic acids is 2.